The standard InChI is InChI=1S/C22H21F3N2O3S/c1-2-15(21(28)29)13-14-3-5-16(6-4-14)30-12-10-17-7-8-18(31-17)20-26-11-9-19(27-20)22(23,24)25/h3-9,11,15H,2,10,12-13H2,1H3,(H,28,29). The molecule has 0 saturated carbocycles. The number of alkyl halides is 3. The van der Waals surface area contributed by atoms with Crippen LogP contribution in [0.5, 0.6) is 5.75 Å². The van der Waals surface area contributed by atoms with E-state index in [1.54, 1.807) is 18.2 Å². The number of nitrogens with zero attached hydrogens (tertiary/aromatic N) is 2. The second-order valence-electron chi connectivity index (χ2n) is 6.92. The Kier molecular flexibility index (Phi) is 7.27. The van der Waals surface area contributed by atoms with Crippen LogP contribution in [-0.2, 0) is 23.8 Å². The van der Waals surface area contributed by atoms with E-state index in [1.165, 1.54) is 11.3 Å². The third-order valence-corrected chi connectivity index (χ3v) is 5.83. The maximum atomic E-state index is 12.8. The average molecular weight is 450 g/mol. The van der Waals surface area contributed by atoms with Crippen LogP contribution in [0.3, 0.4) is 0 Å². The Morgan fingerprint density at radius 3 is 2.55 bits per heavy atom. The Balaban J connectivity index is 1.54. The van der Waals surface area contributed by atoms with Crippen molar-refractivity contribution in [2.45, 2.75) is 32.4 Å². The highest BCUT2D eigenvalue weighted by atomic mass is 32.1. The fourth-order valence-electron chi connectivity index (χ4n) is 2.95. The molecular weight excluding hydrogens is 429 g/mol. The number of thiophene rings is 1. The summed E-state index contributed by atoms with van der Waals surface area (Å²) in [7, 11) is 0. The molecule has 0 aliphatic heterocycles. The van der Waals surface area contributed by atoms with Gasteiger partial charge in [0.2, 0.25) is 0 Å². The van der Waals surface area contributed by atoms with Gasteiger partial charge >= 0.3 is 12.1 Å². The molecule has 2 aromatic heterocycles. The summed E-state index contributed by atoms with van der Waals surface area (Å²) >= 11 is 1.33. The number of benzene rings is 1. The van der Waals surface area contributed by atoms with Gasteiger partial charge in [-0.25, -0.2) is 9.97 Å². The maximum absolute atomic E-state index is 12.8. The highest BCUT2D eigenvalue weighted by Crippen LogP contribution is 2.31. The van der Waals surface area contributed by atoms with Gasteiger partial charge in [0.05, 0.1) is 17.4 Å². The van der Waals surface area contributed by atoms with E-state index >= 15 is 0 Å². The Morgan fingerprint density at radius 2 is 1.90 bits per heavy atom. The topological polar surface area (TPSA) is 72.3 Å². The molecule has 1 atom stereocenters. The number of aliphatic carboxylic acids is 1. The third kappa shape index (κ3) is 6.27. The van der Waals surface area contributed by atoms with Crippen molar-refractivity contribution < 1.29 is 27.8 Å². The van der Waals surface area contributed by atoms with Crippen LogP contribution in [0.25, 0.3) is 10.7 Å². The van der Waals surface area contributed by atoms with Gasteiger partial charge < -0.3 is 9.84 Å². The minimum atomic E-state index is -4.51. The molecule has 0 radical (unpaired) electrons. The summed E-state index contributed by atoms with van der Waals surface area (Å²) in [4.78, 5) is 20.2. The molecule has 0 amide bonds. The number of rotatable bonds is 9. The third-order valence-electron chi connectivity index (χ3n) is 4.69. The number of ether oxygens (including phenoxy) is 1. The van der Waals surface area contributed by atoms with E-state index in [9.17, 15) is 18.0 Å². The molecule has 0 bridgehead atoms. The first-order chi connectivity index (χ1) is 14.8. The minimum Gasteiger partial charge on any atom is -0.493 e. The molecule has 1 aromatic carbocycles. The molecule has 9 heteroatoms. The summed E-state index contributed by atoms with van der Waals surface area (Å²) in [6, 6.07) is 11.7. The van der Waals surface area contributed by atoms with Gasteiger partial charge in [0.25, 0.3) is 0 Å². The highest BCUT2D eigenvalue weighted by molar-refractivity contribution is 7.15. The summed E-state index contributed by atoms with van der Waals surface area (Å²) in [6.07, 6.45) is -1.77. The van der Waals surface area contributed by atoms with Gasteiger partial charge in [-0.15, -0.1) is 11.3 Å². The Hall–Kier alpha value is -2.94. The second kappa shape index (κ2) is 9.91. The molecule has 0 spiro atoms. The number of aromatic nitrogens is 2. The van der Waals surface area contributed by atoms with Crippen molar-refractivity contribution >= 4 is 17.3 Å². The van der Waals surface area contributed by atoms with E-state index in [-0.39, 0.29) is 5.82 Å². The number of carboxylic acids is 1. The number of carboxylic acid groups (broad SMARTS) is 1. The van der Waals surface area contributed by atoms with Gasteiger partial charge in [-0.05, 0) is 48.7 Å². The Labute approximate surface area is 181 Å². The van der Waals surface area contributed by atoms with E-state index in [2.05, 4.69) is 9.97 Å². The van der Waals surface area contributed by atoms with Crippen LogP contribution in [0, 0.1) is 5.92 Å². The van der Waals surface area contributed by atoms with Crippen LogP contribution < -0.4 is 4.74 Å². The maximum Gasteiger partial charge on any atom is 0.433 e. The molecule has 0 fully saturated rings. The molecular formula is C22H21F3N2O3S. The van der Waals surface area contributed by atoms with Crippen molar-refractivity contribution in [3.8, 4) is 16.5 Å². The minimum absolute atomic E-state index is 0.0503. The molecule has 3 aromatic rings. The van der Waals surface area contributed by atoms with Gasteiger partial charge in [0, 0.05) is 17.5 Å². The quantitative estimate of drug-likeness (QED) is 0.466. The molecule has 164 valence electrons. The van der Waals surface area contributed by atoms with Crippen molar-refractivity contribution in [2.75, 3.05) is 6.61 Å². The smallest absolute Gasteiger partial charge is 0.433 e. The lowest BCUT2D eigenvalue weighted by Crippen LogP contribution is -2.15. The van der Waals surface area contributed by atoms with Crippen LogP contribution >= 0.6 is 11.3 Å². The predicted octanol–water partition coefficient (Wildman–Crippen LogP) is 5.50. The van der Waals surface area contributed by atoms with Gasteiger partial charge in [-0.3, -0.25) is 4.79 Å². The van der Waals surface area contributed by atoms with E-state index in [4.69, 9.17) is 9.84 Å². The second-order valence-corrected chi connectivity index (χ2v) is 8.09. The van der Waals surface area contributed by atoms with Crippen molar-refractivity contribution in [1.29, 1.82) is 0 Å². The monoisotopic (exact) mass is 450 g/mol. The van der Waals surface area contributed by atoms with Crippen LogP contribution in [-0.4, -0.2) is 27.7 Å². The zero-order valence-corrected chi connectivity index (χ0v) is 17.5. The molecule has 0 aliphatic rings. The largest absolute Gasteiger partial charge is 0.493 e. The fraction of sp³-hybridized carbons (Fsp3) is 0.318. The highest BCUT2D eigenvalue weighted by Gasteiger charge is 2.32. The van der Waals surface area contributed by atoms with Gasteiger partial charge in [0.1, 0.15) is 11.4 Å². The van der Waals surface area contributed by atoms with Crippen LogP contribution in [0.1, 0.15) is 29.5 Å². The lowest BCUT2D eigenvalue weighted by atomic mass is 9.97. The first-order valence-electron chi connectivity index (χ1n) is 9.70. The van der Waals surface area contributed by atoms with Crippen LogP contribution in [0.2, 0.25) is 0 Å². The summed E-state index contributed by atoms with van der Waals surface area (Å²) in [6.45, 7) is 2.25. The number of carbonyl (C=O) groups is 1. The summed E-state index contributed by atoms with van der Waals surface area (Å²) < 4.78 is 44.2. The average Bonchev–Trinajstić information content (AvgIpc) is 3.21. The molecule has 1 N–H and O–H groups in total. The van der Waals surface area contributed by atoms with E-state index in [0.717, 1.165) is 22.7 Å². The number of halogens is 3. The molecule has 0 saturated heterocycles. The number of hydrogen-bond acceptors (Lipinski definition) is 5. The normalized spacial score (nSPS) is 12.5. The zero-order valence-electron chi connectivity index (χ0n) is 16.7. The molecule has 3 rings (SSSR count). The first kappa shape index (κ1) is 22.7. The first-order valence-corrected chi connectivity index (χ1v) is 10.5. The van der Waals surface area contributed by atoms with Crippen LogP contribution in [0.15, 0.2) is 48.7 Å². The summed E-state index contributed by atoms with van der Waals surface area (Å²) in [5.74, 6) is -0.478. The zero-order chi connectivity index (χ0) is 22.4. The molecule has 5 nitrogen and oxygen atoms in total. The van der Waals surface area contributed by atoms with Crippen molar-refractivity contribution in [1.82, 2.24) is 9.97 Å². The fourth-order valence-corrected chi connectivity index (χ4v) is 3.88. The summed E-state index contributed by atoms with van der Waals surface area (Å²) in [5.41, 5.74) is -0.0292. The van der Waals surface area contributed by atoms with Crippen LogP contribution in [0.4, 0.5) is 13.2 Å². The van der Waals surface area contributed by atoms with Gasteiger partial charge in [-0.1, -0.05) is 19.1 Å². The predicted molar refractivity (Wildman–Crippen MR) is 111 cm³/mol. The molecule has 31 heavy (non-hydrogen) atoms. The summed E-state index contributed by atoms with van der Waals surface area (Å²) in [5, 5.41) is 9.16. The van der Waals surface area contributed by atoms with Gasteiger partial charge in [-0.2, -0.15) is 13.2 Å². The van der Waals surface area contributed by atoms with E-state index in [1.807, 2.05) is 25.1 Å². The SMILES string of the molecule is CCC(Cc1ccc(OCCc2ccc(-c3nccc(C(F)(F)F)n3)s2)cc1)C(=O)O. The lowest BCUT2D eigenvalue weighted by Gasteiger charge is -2.10. The van der Waals surface area contributed by atoms with E-state index < -0.39 is 23.8 Å². The van der Waals surface area contributed by atoms with Crippen molar-refractivity contribution in [3.63, 3.8) is 0 Å². The molecule has 2 heterocycles. The Bertz CT molecular complexity index is 1020. The van der Waals surface area contributed by atoms with Crippen molar-refractivity contribution in [2.24, 2.45) is 5.92 Å². The molecule has 0 aliphatic carbocycles. The van der Waals surface area contributed by atoms with Gasteiger partial charge in [0.15, 0.2) is 5.82 Å². The number of hydrogen-bond donors (Lipinski definition) is 1. The Morgan fingerprint density at radius 1 is 1.16 bits per heavy atom. The van der Waals surface area contributed by atoms with E-state index in [0.29, 0.717) is 36.5 Å². The van der Waals surface area contributed by atoms with Crippen molar-refractivity contribution in [3.05, 3.63) is 64.8 Å². The molecule has 1 unspecified atom stereocenters. The lowest BCUT2D eigenvalue weighted by molar-refractivity contribution is -0.142.